The number of benzene rings is 2. The van der Waals surface area contributed by atoms with Gasteiger partial charge in [-0.2, -0.15) is 0 Å². The first-order valence-electron chi connectivity index (χ1n) is 10.1. The summed E-state index contributed by atoms with van der Waals surface area (Å²) in [6.07, 6.45) is 3.65. The molecule has 3 rings (SSSR count). The van der Waals surface area contributed by atoms with E-state index in [1.165, 1.54) is 0 Å². The highest BCUT2D eigenvalue weighted by Crippen LogP contribution is 2.27. The largest absolute Gasteiger partial charge is 0.341 e. The van der Waals surface area contributed by atoms with Crippen LogP contribution in [0.15, 0.2) is 71.0 Å². The quantitative estimate of drug-likeness (QED) is 0.591. The number of hydrogen-bond donors (Lipinski definition) is 2. The highest BCUT2D eigenvalue weighted by Gasteiger charge is 2.18. The summed E-state index contributed by atoms with van der Waals surface area (Å²) >= 11 is 1.55. The number of imidazole rings is 1. The zero-order valence-electron chi connectivity index (χ0n) is 18.5. The van der Waals surface area contributed by atoms with Crippen LogP contribution in [-0.4, -0.2) is 27.4 Å². The maximum atomic E-state index is 12.5. The number of amides is 2. The van der Waals surface area contributed by atoms with Crippen LogP contribution in [0.1, 0.15) is 43.6 Å². The molecule has 7 heteroatoms. The SMILES string of the molecule is CC(NC(=O)c1ccc(C(C)(C)C)cc1)C(=O)Nc1ccc(Sc2nccn2C)cc1. The summed E-state index contributed by atoms with van der Waals surface area (Å²) < 4.78 is 1.95. The molecule has 1 unspecified atom stereocenters. The fraction of sp³-hybridized carbons (Fsp3) is 0.292. The molecule has 2 N–H and O–H groups in total. The first-order chi connectivity index (χ1) is 14.6. The Morgan fingerprint density at radius 3 is 2.23 bits per heavy atom. The minimum absolute atomic E-state index is 0.0214. The Balaban J connectivity index is 1.55. The summed E-state index contributed by atoms with van der Waals surface area (Å²) in [6.45, 7) is 8.04. The molecule has 0 aliphatic heterocycles. The molecule has 0 radical (unpaired) electrons. The van der Waals surface area contributed by atoms with Crippen LogP contribution in [0.2, 0.25) is 0 Å². The molecule has 1 atom stereocenters. The van der Waals surface area contributed by atoms with Gasteiger partial charge < -0.3 is 15.2 Å². The van der Waals surface area contributed by atoms with Crippen molar-refractivity contribution in [1.29, 1.82) is 0 Å². The van der Waals surface area contributed by atoms with E-state index >= 15 is 0 Å². The van der Waals surface area contributed by atoms with Gasteiger partial charge in [-0.3, -0.25) is 9.59 Å². The molecule has 162 valence electrons. The second-order valence-electron chi connectivity index (χ2n) is 8.46. The lowest BCUT2D eigenvalue weighted by Crippen LogP contribution is -2.41. The summed E-state index contributed by atoms with van der Waals surface area (Å²) in [7, 11) is 1.94. The third-order valence-corrected chi connectivity index (χ3v) is 5.95. The van der Waals surface area contributed by atoms with Crippen molar-refractivity contribution in [2.75, 3.05) is 5.32 Å². The van der Waals surface area contributed by atoms with Crippen LogP contribution in [-0.2, 0) is 17.3 Å². The standard InChI is InChI=1S/C24H28N4O2S/c1-16(26-22(30)17-6-8-18(9-7-17)24(2,3)4)21(29)27-19-10-12-20(13-11-19)31-23-25-14-15-28(23)5/h6-16H,1-5H3,(H,26,30)(H,27,29). The molecule has 0 bridgehead atoms. The van der Waals surface area contributed by atoms with E-state index in [1.807, 2.05) is 54.2 Å². The Hall–Kier alpha value is -3.06. The van der Waals surface area contributed by atoms with Crippen molar-refractivity contribution in [3.63, 3.8) is 0 Å². The fourth-order valence-corrected chi connectivity index (χ4v) is 3.68. The average molecular weight is 437 g/mol. The third-order valence-electron chi connectivity index (χ3n) is 4.86. The van der Waals surface area contributed by atoms with E-state index in [4.69, 9.17) is 0 Å². The van der Waals surface area contributed by atoms with E-state index in [0.29, 0.717) is 11.3 Å². The van der Waals surface area contributed by atoms with Crippen LogP contribution >= 0.6 is 11.8 Å². The summed E-state index contributed by atoms with van der Waals surface area (Å²) in [5.74, 6) is -0.547. The molecule has 6 nitrogen and oxygen atoms in total. The molecule has 2 amide bonds. The first-order valence-corrected chi connectivity index (χ1v) is 10.9. The summed E-state index contributed by atoms with van der Waals surface area (Å²) in [6, 6.07) is 14.3. The molecule has 0 fully saturated rings. The number of carbonyl (C=O) groups excluding carboxylic acids is 2. The van der Waals surface area contributed by atoms with E-state index in [1.54, 1.807) is 37.0 Å². The number of hydrogen-bond acceptors (Lipinski definition) is 4. The number of aromatic nitrogens is 2. The molecular weight excluding hydrogens is 408 g/mol. The van der Waals surface area contributed by atoms with E-state index in [2.05, 4.69) is 36.4 Å². The van der Waals surface area contributed by atoms with Gasteiger partial charge in [0.15, 0.2) is 5.16 Å². The maximum Gasteiger partial charge on any atom is 0.251 e. The molecule has 31 heavy (non-hydrogen) atoms. The molecule has 2 aromatic carbocycles. The number of nitrogens with zero attached hydrogens (tertiary/aromatic N) is 2. The van der Waals surface area contributed by atoms with E-state index < -0.39 is 6.04 Å². The van der Waals surface area contributed by atoms with Gasteiger partial charge in [0.2, 0.25) is 5.91 Å². The highest BCUT2D eigenvalue weighted by molar-refractivity contribution is 7.99. The summed E-state index contributed by atoms with van der Waals surface area (Å²) in [4.78, 5) is 30.3. The minimum atomic E-state index is -0.670. The lowest BCUT2D eigenvalue weighted by molar-refractivity contribution is -0.117. The molecule has 0 aliphatic rings. The number of rotatable bonds is 6. The summed E-state index contributed by atoms with van der Waals surface area (Å²) in [5.41, 5.74) is 2.38. The minimum Gasteiger partial charge on any atom is -0.341 e. The Morgan fingerprint density at radius 2 is 1.68 bits per heavy atom. The van der Waals surface area contributed by atoms with Crippen molar-refractivity contribution in [3.8, 4) is 0 Å². The van der Waals surface area contributed by atoms with Crippen molar-refractivity contribution in [2.24, 2.45) is 7.05 Å². The maximum absolute atomic E-state index is 12.5. The molecule has 0 saturated carbocycles. The van der Waals surface area contributed by atoms with Crippen LogP contribution in [0, 0.1) is 0 Å². The second-order valence-corrected chi connectivity index (χ2v) is 9.50. The van der Waals surface area contributed by atoms with Gasteiger partial charge >= 0.3 is 0 Å². The van der Waals surface area contributed by atoms with Gasteiger partial charge in [0.05, 0.1) is 0 Å². The van der Waals surface area contributed by atoms with Crippen LogP contribution in [0.3, 0.4) is 0 Å². The van der Waals surface area contributed by atoms with Gasteiger partial charge in [-0.05, 0) is 54.3 Å². The monoisotopic (exact) mass is 436 g/mol. The smallest absolute Gasteiger partial charge is 0.251 e. The predicted molar refractivity (Wildman–Crippen MR) is 124 cm³/mol. The number of nitrogens with one attached hydrogen (secondary N) is 2. The van der Waals surface area contributed by atoms with E-state index in [-0.39, 0.29) is 17.2 Å². The topological polar surface area (TPSA) is 76.0 Å². The average Bonchev–Trinajstić information content (AvgIpc) is 3.13. The molecule has 3 aromatic rings. The second kappa shape index (κ2) is 9.39. The highest BCUT2D eigenvalue weighted by atomic mass is 32.2. The van der Waals surface area contributed by atoms with Crippen molar-refractivity contribution < 1.29 is 9.59 Å². The zero-order valence-corrected chi connectivity index (χ0v) is 19.3. The lowest BCUT2D eigenvalue weighted by atomic mass is 9.86. The molecule has 0 spiro atoms. The van der Waals surface area contributed by atoms with Crippen LogP contribution < -0.4 is 10.6 Å². The van der Waals surface area contributed by atoms with Crippen LogP contribution in [0.25, 0.3) is 0 Å². The molecular formula is C24H28N4O2S. The predicted octanol–water partition coefficient (Wildman–Crippen LogP) is 4.63. The molecule has 1 heterocycles. The Kier molecular flexibility index (Phi) is 6.85. The van der Waals surface area contributed by atoms with Crippen LogP contribution in [0.4, 0.5) is 5.69 Å². The Bertz CT molecular complexity index is 1050. The summed E-state index contributed by atoms with van der Waals surface area (Å²) in [5, 5.41) is 6.49. The first kappa shape index (κ1) is 22.6. The Labute approximate surface area is 187 Å². The van der Waals surface area contributed by atoms with Gasteiger partial charge in [0.1, 0.15) is 6.04 Å². The fourth-order valence-electron chi connectivity index (χ4n) is 2.88. The van der Waals surface area contributed by atoms with Crippen molar-refractivity contribution in [1.82, 2.24) is 14.9 Å². The lowest BCUT2D eigenvalue weighted by Gasteiger charge is -2.19. The van der Waals surface area contributed by atoms with Crippen molar-refractivity contribution in [2.45, 2.75) is 49.2 Å². The Morgan fingerprint density at radius 1 is 1.03 bits per heavy atom. The number of anilines is 1. The number of carbonyl (C=O) groups is 2. The van der Waals surface area contributed by atoms with Gasteiger partial charge in [-0.1, -0.05) is 44.7 Å². The normalized spacial score (nSPS) is 12.3. The van der Waals surface area contributed by atoms with Gasteiger partial charge in [0.25, 0.3) is 5.91 Å². The van der Waals surface area contributed by atoms with Crippen molar-refractivity contribution in [3.05, 3.63) is 72.1 Å². The zero-order chi connectivity index (χ0) is 22.6. The van der Waals surface area contributed by atoms with Gasteiger partial charge in [0, 0.05) is 35.6 Å². The molecule has 0 aliphatic carbocycles. The molecule has 0 saturated heterocycles. The van der Waals surface area contributed by atoms with Gasteiger partial charge in [-0.15, -0.1) is 0 Å². The van der Waals surface area contributed by atoms with Crippen molar-refractivity contribution >= 4 is 29.3 Å². The van der Waals surface area contributed by atoms with Gasteiger partial charge in [-0.25, -0.2) is 4.98 Å². The molecule has 1 aromatic heterocycles. The van der Waals surface area contributed by atoms with E-state index in [0.717, 1.165) is 15.6 Å². The van der Waals surface area contributed by atoms with E-state index in [9.17, 15) is 9.59 Å². The van der Waals surface area contributed by atoms with Crippen LogP contribution in [0.5, 0.6) is 0 Å². The number of aryl methyl sites for hydroxylation is 1. The third kappa shape index (κ3) is 5.98.